The van der Waals surface area contributed by atoms with Crippen LogP contribution in [0.1, 0.15) is 44.2 Å². The highest BCUT2D eigenvalue weighted by atomic mass is 16.5. The fourth-order valence-corrected chi connectivity index (χ4v) is 3.78. The molecule has 0 aliphatic carbocycles. The number of piperazine rings is 1. The quantitative estimate of drug-likeness (QED) is 0.725. The Morgan fingerprint density at radius 3 is 2.32 bits per heavy atom. The lowest BCUT2D eigenvalue weighted by Crippen LogP contribution is -2.48. The van der Waals surface area contributed by atoms with Crippen LogP contribution in [-0.4, -0.2) is 49.5 Å². The lowest BCUT2D eigenvalue weighted by atomic mass is 10.0. The SMILES string of the molecule is CCC(=O)N1CCN(c2ccc(NC(=O)COc3cc(C)ccc3C(C)C)cc2)CC1. The maximum absolute atomic E-state index is 12.4. The minimum atomic E-state index is -0.185. The molecule has 166 valence electrons. The molecule has 1 aliphatic heterocycles. The zero-order chi connectivity index (χ0) is 22.4. The molecule has 3 rings (SSSR count). The molecule has 0 unspecified atom stereocenters. The number of anilines is 2. The van der Waals surface area contributed by atoms with Gasteiger partial charge in [-0.25, -0.2) is 0 Å². The Labute approximate surface area is 185 Å². The number of hydrogen-bond acceptors (Lipinski definition) is 4. The average molecular weight is 424 g/mol. The number of nitrogens with zero attached hydrogens (tertiary/aromatic N) is 2. The van der Waals surface area contributed by atoms with E-state index < -0.39 is 0 Å². The van der Waals surface area contributed by atoms with Crippen LogP contribution in [0.3, 0.4) is 0 Å². The Kier molecular flexibility index (Phi) is 7.55. The van der Waals surface area contributed by atoms with Gasteiger partial charge in [0.1, 0.15) is 5.75 Å². The molecule has 31 heavy (non-hydrogen) atoms. The van der Waals surface area contributed by atoms with Crippen molar-refractivity contribution in [2.24, 2.45) is 0 Å². The first-order valence-corrected chi connectivity index (χ1v) is 11.0. The standard InChI is InChI=1S/C25H33N3O3/c1-5-25(30)28-14-12-27(13-15-28)21-9-7-20(8-10-21)26-24(29)17-31-23-16-19(4)6-11-22(23)18(2)3/h6-11,16,18H,5,12-15,17H2,1-4H3,(H,26,29). The third kappa shape index (κ3) is 6.00. The van der Waals surface area contributed by atoms with Gasteiger partial charge in [0, 0.05) is 44.0 Å². The molecule has 1 saturated heterocycles. The molecule has 0 spiro atoms. The Morgan fingerprint density at radius 2 is 1.71 bits per heavy atom. The highest BCUT2D eigenvalue weighted by molar-refractivity contribution is 5.92. The van der Waals surface area contributed by atoms with E-state index in [1.165, 1.54) is 0 Å². The van der Waals surface area contributed by atoms with E-state index in [4.69, 9.17) is 4.74 Å². The third-order valence-electron chi connectivity index (χ3n) is 5.60. The molecule has 2 aromatic carbocycles. The lowest BCUT2D eigenvalue weighted by molar-refractivity contribution is -0.131. The van der Waals surface area contributed by atoms with Crippen LogP contribution in [0.25, 0.3) is 0 Å². The van der Waals surface area contributed by atoms with Crippen LogP contribution in [0.2, 0.25) is 0 Å². The van der Waals surface area contributed by atoms with Crippen LogP contribution in [0.4, 0.5) is 11.4 Å². The van der Waals surface area contributed by atoms with Crippen LogP contribution in [0.15, 0.2) is 42.5 Å². The molecule has 6 nitrogen and oxygen atoms in total. The van der Waals surface area contributed by atoms with Crippen molar-refractivity contribution in [2.45, 2.75) is 40.0 Å². The Bertz CT molecular complexity index is 901. The van der Waals surface area contributed by atoms with E-state index in [0.29, 0.717) is 12.3 Å². The molecule has 1 fully saturated rings. The van der Waals surface area contributed by atoms with Gasteiger partial charge in [0.05, 0.1) is 0 Å². The van der Waals surface area contributed by atoms with Crippen LogP contribution < -0.4 is 15.0 Å². The first-order chi connectivity index (χ1) is 14.9. The zero-order valence-corrected chi connectivity index (χ0v) is 19.0. The summed E-state index contributed by atoms with van der Waals surface area (Å²) in [5.74, 6) is 1.12. The van der Waals surface area contributed by atoms with Crippen molar-refractivity contribution in [2.75, 3.05) is 43.0 Å². The smallest absolute Gasteiger partial charge is 0.262 e. The van der Waals surface area contributed by atoms with Gasteiger partial charge in [-0.15, -0.1) is 0 Å². The molecule has 0 atom stereocenters. The molecular formula is C25H33N3O3. The largest absolute Gasteiger partial charge is 0.483 e. The van der Waals surface area contributed by atoms with E-state index in [1.54, 1.807) is 0 Å². The van der Waals surface area contributed by atoms with Crippen molar-refractivity contribution < 1.29 is 14.3 Å². The summed E-state index contributed by atoms with van der Waals surface area (Å²) in [6.45, 7) is 11.2. The molecule has 1 heterocycles. The van der Waals surface area contributed by atoms with Crippen molar-refractivity contribution in [3.8, 4) is 5.75 Å². The maximum Gasteiger partial charge on any atom is 0.262 e. The zero-order valence-electron chi connectivity index (χ0n) is 19.0. The summed E-state index contributed by atoms with van der Waals surface area (Å²) in [6, 6.07) is 13.9. The van der Waals surface area contributed by atoms with Crippen LogP contribution in [0, 0.1) is 6.92 Å². The molecule has 0 aromatic heterocycles. The normalized spacial score (nSPS) is 14.0. The summed E-state index contributed by atoms with van der Waals surface area (Å²) in [6.07, 6.45) is 0.556. The lowest BCUT2D eigenvalue weighted by Gasteiger charge is -2.36. The van der Waals surface area contributed by atoms with E-state index in [2.05, 4.69) is 36.2 Å². The van der Waals surface area contributed by atoms with Gasteiger partial charge in [0.2, 0.25) is 5.91 Å². The van der Waals surface area contributed by atoms with E-state index in [0.717, 1.165) is 54.4 Å². The van der Waals surface area contributed by atoms with Crippen molar-refractivity contribution >= 4 is 23.2 Å². The third-order valence-corrected chi connectivity index (χ3v) is 5.60. The number of nitrogens with one attached hydrogen (secondary N) is 1. The second-order valence-electron chi connectivity index (χ2n) is 8.30. The van der Waals surface area contributed by atoms with Gasteiger partial charge in [0.25, 0.3) is 5.91 Å². The van der Waals surface area contributed by atoms with Crippen molar-refractivity contribution in [3.63, 3.8) is 0 Å². The van der Waals surface area contributed by atoms with Gasteiger partial charge in [-0.2, -0.15) is 0 Å². The Morgan fingerprint density at radius 1 is 1.03 bits per heavy atom. The number of amides is 2. The van der Waals surface area contributed by atoms with E-state index >= 15 is 0 Å². The van der Waals surface area contributed by atoms with Gasteiger partial charge in [-0.05, 0) is 54.3 Å². The minimum absolute atomic E-state index is 0.0294. The number of hydrogen-bond donors (Lipinski definition) is 1. The van der Waals surface area contributed by atoms with Gasteiger partial charge >= 0.3 is 0 Å². The fraction of sp³-hybridized carbons (Fsp3) is 0.440. The van der Waals surface area contributed by atoms with Crippen molar-refractivity contribution in [1.29, 1.82) is 0 Å². The Hall–Kier alpha value is -3.02. The van der Waals surface area contributed by atoms with Gasteiger partial charge < -0.3 is 19.9 Å². The van der Waals surface area contributed by atoms with Gasteiger partial charge in [-0.3, -0.25) is 9.59 Å². The predicted molar refractivity (Wildman–Crippen MR) is 125 cm³/mol. The molecule has 1 aliphatic rings. The summed E-state index contributed by atoms with van der Waals surface area (Å²) in [5.41, 5.74) is 4.04. The van der Waals surface area contributed by atoms with Crippen LogP contribution in [0.5, 0.6) is 5.75 Å². The topological polar surface area (TPSA) is 61.9 Å². The molecule has 0 saturated carbocycles. The number of aryl methyl sites for hydroxylation is 1. The summed E-state index contributed by atoms with van der Waals surface area (Å²) in [4.78, 5) is 28.4. The highest BCUT2D eigenvalue weighted by Gasteiger charge is 2.20. The number of ether oxygens (including phenoxy) is 1. The van der Waals surface area contributed by atoms with E-state index in [-0.39, 0.29) is 18.4 Å². The molecule has 2 amide bonds. The number of carbonyl (C=O) groups excluding carboxylic acids is 2. The molecule has 0 bridgehead atoms. The second-order valence-corrected chi connectivity index (χ2v) is 8.30. The summed E-state index contributed by atoms with van der Waals surface area (Å²) in [5, 5.41) is 2.90. The minimum Gasteiger partial charge on any atom is -0.483 e. The van der Waals surface area contributed by atoms with Crippen LogP contribution >= 0.6 is 0 Å². The number of carbonyl (C=O) groups is 2. The maximum atomic E-state index is 12.4. The number of benzene rings is 2. The molecule has 0 radical (unpaired) electrons. The second kappa shape index (κ2) is 10.3. The van der Waals surface area contributed by atoms with E-state index in [9.17, 15) is 9.59 Å². The monoisotopic (exact) mass is 423 g/mol. The molecule has 6 heteroatoms. The highest BCUT2D eigenvalue weighted by Crippen LogP contribution is 2.27. The molecular weight excluding hydrogens is 390 g/mol. The number of rotatable bonds is 7. The van der Waals surface area contributed by atoms with Gasteiger partial charge in [-0.1, -0.05) is 32.9 Å². The molecule has 2 aromatic rings. The average Bonchev–Trinajstić information content (AvgIpc) is 2.77. The summed E-state index contributed by atoms with van der Waals surface area (Å²) in [7, 11) is 0. The van der Waals surface area contributed by atoms with Crippen molar-refractivity contribution in [3.05, 3.63) is 53.6 Å². The molecule has 1 N–H and O–H groups in total. The van der Waals surface area contributed by atoms with Crippen LogP contribution in [-0.2, 0) is 9.59 Å². The fourth-order valence-electron chi connectivity index (χ4n) is 3.78. The Balaban J connectivity index is 1.52. The summed E-state index contributed by atoms with van der Waals surface area (Å²) >= 11 is 0. The van der Waals surface area contributed by atoms with Crippen molar-refractivity contribution in [1.82, 2.24) is 4.90 Å². The predicted octanol–water partition coefficient (Wildman–Crippen LogP) is 4.19. The van der Waals surface area contributed by atoms with Gasteiger partial charge in [0.15, 0.2) is 6.61 Å². The first kappa shape index (κ1) is 22.7. The first-order valence-electron chi connectivity index (χ1n) is 11.0. The summed E-state index contributed by atoms with van der Waals surface area (Å²) < 4.78 is 5.82. The van der Waals surface area contributed by atoms with E-state index in [1.807, 2.05) is 49.1 Å².